The fourth-order valence-corrected chi connectivity index (χ4v) is 1.96. The summed E-state index contributed by atoms with van der Waals surface area (Å²) in [7, 11) is -1.16. The maximum atomic E-state index is 10.5. The van der Waals surface area contributed by atoms with E-state index in [4.69, 9.17) is 13.3 Å². The smallest absolute Gasteiger partial charge is 0.474 e. The van der Waals surface area contributed by atoms with Crippen LogP contribution >= 0.6 is 0 Å². The molecule has 0 aromatic carbocycles. The van der Waals surface area contributed by atoms with Crippen molar-refractivity contribution in [1.82, 2.24) is 0 Å². The molecule has 0 heterocycles. The molecule has 4 nitrogen and oxygen atoms in total. The third-order valence-corrected chi connectivity index (χ3v) is 3.32. The van der Waals surface area contributed by atoms with Crippen molar-refractivity contribution in [3.8, 4) is 0 Å². The molecule has 11 heavy (non-hydrogen) atoms. The normalized spacial score (nSPS) is 15.6. The monoisotopic (exact) mass is 178 g/mol. The Morgan fingerprint density at radius 2 is 2.09 bits per heavy atom. The van der Waals surface area contributed by atoms with Gasteiger partial charge in [0.25, 0.3) is 5.97 Å². The number of hydrogen-bond donors (Lipinski definition) is 0. The van der Waals surface area contributed by atoms with Crippen molar-refractivity contribution in [2.75, 3.05) is 13.7 Å². The van der Waals surface area contributed by atoms with Gasteiger partial charge >= 0.3 is 8.80 Å². The largest absolute Gasteiger partial charge is 0.564 e. The van der Waals surface area contributed by atoms with Gasteiger partial charge in [-0.05, 0) is 6.92 Å². The molecule has 0 aliphatic heterocycles. The van der Waals surface area contributed by atoms with Crippen LogP contribution in [0, 0.1) is 0 Å². The molecule has 0 N–H and O–H groups in total. The van der Waals surface area contributed by atoms with Crippen molar-refractivity contribution in [2.24, 2.45) is 0 Å². The molecule has 66 valence electrons. The van der Waals surface area contributed by atoms with Gasteiger partial charge in [-0.25, -0.2) is 0 Å². The maximum Gasteiger partial charge on any atom is 0.564 e. The second kappa shape index (κ2) is 4.48. The van der Waals surface area contributed by atoms with Crippen LogP contribution in [0.3, 0.4) is 0 Å². The predicted octanol–water partition coefficient (Wildman–Crippen LogP) is 0.801. The number of rotatable bonds is 4. The summed E-state index contributed by atoms with van der Waals surface area (Å²) in [4.78, 5) is 10.5. The van der Waals surface area contributed by atoms with Crippen molar-refractivity contribution < 1.29 is 18.1 Å². The lowest BCUT2D eigenvalue weighted by Crippen LogP contribution is -2.42. The number of carbonyl (C=O) groups excluding carboxylic acids is 1. The van der Waals surface area contributed by atoms with E-state index < -0.39 is 8.80 Å². The Labute approximate surface area is 67.8 Å². The Bertz CT molecular complexity index is 139. The molecule has 0 saturated carbocycles. The first-order valence-electron chi connectivity index (χ1n) is 3.42. The predicted molar refractivity (Wildman–Crippen MR) is 42.0 cm³/mol. The molecule has 0 rings (SSSR count). The van der Waals surface area contributed by atoms with E-state index in [1.54, 1.807) is 6.55 Å². The minimum Gasteiger partial charge on any atom is -0.474 e. The highest BCUT2D eigenvalue weighted by atomic mass is 28.4. The van der Waals surface area contributed by atoms with Crippen molar-refractivity contribution in [3.05, 3.63) is 0 Å². The molecule has 0 spiro atoms. The topological polar surface area (TPSA) is 44.8 Å². The summed E-state index contributed by atoms with van der Waals surface area (Å²) in [6.45, 7) is 5.33. The van der Waals surface area contributed by atoms with Gasteiger partial charge in [0.1, 0.15) is 0 Å². The van der Waals surface area contributed by atoms with Crippen molar-refractivity contribution in [3.63, 3.8) is 0 Å². The third kappa shape index (κ3) is 4.13. The molecule has 0 aromatic heterocycles. The first-order valence-corrected chi connectivity index (χ1v) is 5.65. The van der Waals surface area contributed by atoms with Gasteiger partial charge in [0.05, 0.1) is 0 Å². The average Bonchev–Trinajstić information content (AvgIpc) is 1.87. The zero-order valence-electron chi connectivity index (χ0n) is 7.34. The standard InChI is InChI=1S/C6H14O4Si/c1-5-9-11(4,8-3)10-6(2)7/h5H2,1-4H3. The molecular formula is C6H14O4Si. The van der Waals surface area contributed by atoms with Crippen LogP contribution in [0.4, 0.5) is 0 Å². The Balaban J connectivity index is 3.98. The van der Waals surface area contributed by atoms with Gasteiger partial charge in [-0.15, -0.1) is 0 Å². The maximum absolute atomic E-state index is 10.5. The molecule has 0 amide bonds. The lowest BCUT2D eigenvalue weighted by Gasteiger charge is -2.21. The van der Waals surface area contributed by atoms with Crippen LogP contribution in [-0.2, 0) is 18.1 Å². The van der Waals surface area contributed by atoms with E-state index in [1.165, 1.54) is 14.0 Å². The van der Waals surface area contributed by atoms with Crippen LogP contribution < -0.4 is 0 Å². The summed E-state index contributed by atoms with van der Waals surface area (Å²) >= 11 is 0. The highest BCUT2D eigenvalue weighted by Crippen LogP contribution is 2.07. The minimum absolute atomic E-state index is 0.366. The van der Waals surface area contributed by atoms with E-state index in [9.17, 15) is 4.79 Å². The van der Waals surface area contributed by atoms with Crippen LogP contribution in [0.25, 0.3) is 0 Å². The van der Waals surface area contributed by atoms with Crippen LogP contribution in [0.15, 0.2) is 0 Å². The Hall–Kier alpha value is -0.393. The highest BCUT2D eigenvalue weighted by molar-refractivity contribution is 6.60. The molecule has 1 atom stereocenters. The average molecular weight is 178 g/mol. The lowest BCUT2D eigenvalue weighted by molar-refractivity contribution is -0.136. The van der Waals surface area contributed by atoms with Gasteiger partial charge in [-0.2, -0.15) is 0 Å². The fraction of sp³-hybridized carbons (Fsp3) is 0.833. The third-order valence-electron chi connectivity index (χ3n) is 1.11. The molecule has 0 aliphatic carbocycles. The van der Waals surface area contributed by atoms with Crippen LogP contribution in [-0.4, -0.2) is 28.5 Å². The van der Waals surface area contributed by atoms with Crippen molar-refractivity contribution in [1.29, 1.82) is 0 Å². The molecule has 0 aliphatic rings. The fourth-order valence-electron chi connectivity index (χ4n) is 0.653. The van der Waals surface area contributed by atoms with Crippen LogP contribution in [0.2, 0.25) is 6.55 Å². The highest BCUT2D eigenvalue weighted by Gasteiger charge is 2.36. The van der Waals surface area contributed by atoms with Gasteiger partial charge < -0.3 is 13.3 Å². The number of hydrogen-bond acceptors (Lipinski definition) is 4. The Kier molecular flexibility index (Phi) is 4.32. The van der Waals surface area contributed by atoms with Gasteiger partial charge in [0, 0.05) is 27.2 Å². The van der Waals surface area contributed by atoms with E-state index in [0.717, 1.165) is 0 Å². The molecule has 0 aromatic rings. The molecule has 0 saturated heterocycles. The second-order valence-electron chi connectivity index (χ2n) is 2.09. The van der Waals surface area contributed by atoms with Crippen molar-refractivity contribution in [2.45, 2.75) is 20.4 Å². The quantitative estimate of drug-likeness (QED) is 0.597. The summed E-state index contributed by atoms with van der Waals surface area (Å²) in [5.41, 5.74) is 0. The van der Waals surface area contributed by atoms with Crippen LogP contribution in [0.5, 0.6) is 0 Å². The lowest BCUT2D eigenvalue weighted by atomic mass is 10.9. The summed E-state index contributed by atoms with van der Waals surface area (Å²) in [5, 5.41) is 0. The summed E-state index contributed by atoms with van der Waals surface area (Å²) in [6.07, 6.45) is 0. The van der Waals surface area contributed by atoms with Gasteiger partial charge in [0.2, 0.25) is 0 Å². The van der Waals surface area contributed by atoms with Gasteiger partial charge in [-0.1, -0.05) is 0 Å². The van der Waals surface area contributed by atoms with E-state index in [-0.39, 0.29) is 5.97 Å². The Morgan fingerprint density at radius 1 is 1.55 bits per heavy atom. The van der Waals surface area contributed by atoms with Crippen LogP contribution in [0.1, 0.15) is 13.8 Å². The molecule has 1 unspecified atom stereocenters. The Morgan fingerprint density at radius 3 is 2.36 bits per heavy atom. The van der Waals surface area contributed by atoms with Gasteiger partial charge in [-0.3, -0.25) is 4.79 Å². The molecular weight excluding hydrogens is 164 g/mol. The SMILES string of the molecule is CCO[Si](C)(OC)OC(C)=O. The van der Waals surface area contributed by atoms with E-state index in [2.05, 4.69) is 0 Å². The zero-order valence-corrected chi connectivity index (χ0v) is 8.34. The molecule has 0 radical (unpaired) electrons. The second-order valence-corrected chi connectivity index (χ2v) is 4.72. The summed E-state index contributed by atoms with van der Waals surface area (Å²) in [6, 6.07) is 0. The molecule has 0 fully saturated rings. The van der Waals surface area contributed by atoms with Gasteiger partial charge in [0.15, 0.2) is 0 Å². The van der Waals surface area contributed by atoms with Crippen molar-refractivity contribution >= 4 is 14.8 Å². The van der Waals surface area contributed by atoms with E-state index in [1.807, 2.05) is 6.92 Å². The van der Waals surface area contributed by atoms with E-state index in [0.29, 0.717) is 6.61 Å². The number of carbonyl (C=O) groups is 1. The van der Waals surface area contributed by atoms with E-state index >= 15 is 0 Å². The first-order chi connectivity index (χ1) is 5.04. The first kappa shape index (κ1) is 10.6. The zero-order chi connectivity index (χ0) is 8.91. The summed E-state index contributed by atoms with van der Waals surface area (Å²) < 4.78 is 15.0. The molecule has 5 heteroatoms. The minimum atomic E-state index is -2.64. The summed E-state index contributed by atoms with van der Waals surface area (Å²) in [5.74, 6) is -0.366. The molecule has 0 bridgehead atoms.